The molecule has 2 N–H and O–H groups in total. The summed E-state index contributed by atoms with van der Waals surface area (Å²) >= 11 is 0. The minimum Gasteiger partial charge on any atom is -0.439 e. The van der Waals surface area contributed by atoms with E-state index in [1.165, 1.54) is 6.07 Å². The van der Waals surface area contributed by atoms with Gasteiger partial charge in [-0.3, -0.25) is 4.57 Å². The van der Waals surface area contributed by atoms with Crippen LogP contribution in [0, 0.1) is 33.5 Å². The van der Waals surface area contributed by atoms with Gasteiger partial charge in [0, 0.05) is 23.1 Å². The number of hydrogen-bond acceptors (Lipinski definition) is 5. The van der Waals surface area contributed by atoms with Gasteiger partial charge in [0.1, 0.15) is 29.5 Å². The Morgan fingerprint density at radius 2 is 1.64 bits per heavy atom. The van der Waals surface area contributed by atoms with Gasteiger partial charge < -0.3 is 15.4 Å². The third kappa shape index (κ3) is 5.15. The highest BCUT2D eigenvalue weighted by molar-refractivity contribution is 5.99. The van der Waals surface area contributed by atoms with Crippen LogP contribution < -0.4 is 15.4 Å². The number of nitrogens with one attached hydrogen (secondary N) is 2. The third-order valence-electron chi connectivity index (χ3n) is 5.06. The summed E-state index contributed by atoms with van der Waals surface area (Å²) in [6, 6.07) is 12.6. The van der Waals surface area contributed by atoms with Crippen molar-refractivity contribution in [3.05, 3.63) is 83.5 Å². The van der Waals surface area contributed by atoms with Crippen LogP contribution in [0.4, 0.5) is 20.6 Å². The van der Waals surface area contributed by atoms with Crippen molar-refractivity contribution in [1.29, 1.82) is 0 Å². The number of carbonyl (C=O) groups is 1. The number of nitrogens with zero attached hydrogens (tertiary/aromatic N) is 4. The number of amides is 2. The smallest absolute Gasteiger partial charge is 0.323 e. The highest BCUT2D eigenvalue weighted by Crippen LogP contribution is 2.24. The predicted octanol–water partition coefficient (Wildman–Crippen LogP) is 5.47. The van der Waals surface area contributed by atoms with Crippen molar-refractivity contribution >= 4 is 17.4 Å². The van der Waals surface area contributed by atoms with Crippen LogP contribution in [-0.2, 0) is 0 Å². The number of urea groups is 1. The van der Waals surface area contributed by atoms with Crippen molar-refractivity contribution in [2.75, 3.05) is 10.6 Å². The number of aromatic nitrogens is 4. The molecule has 0 unspecified atom stereocenters. The monoisotopic (exact) mass is 446 g/mol. The highest BCUT2D eigenvalue weighted by atomic mass is 19.1. The molecular formula is C24H23FN6O2. The number of carbonyl (C=O) groups excluding carboxylic acids is 1. The van der Waals surface area contributed by atoms with Crippen LogP contribution in [0.15, 0.2) is 54.9 Å². The predicted molar refractivity (Wildman–Crippen MR) is 124 cm³/mol. The maximum absolute atomic E-state index is 13.6. The number of halogens is 1. The maximum atomic E-state index is 13.6. The molecule has 4 rings (SSSR count). The van der Waals surface area contributed by atoms with Gasteiger partial charge in [0.2, 0.25) is 5.88 Å². The van der Waals surface area contributed by atoms with E-state index in [4.69, 9.17) is 4.74 Å². The van der Waals surface area contributed by atoms with Crippen LogP contribution >= 0.6 is 0 Å². The second kappa shape index (κ2) is 9.07. The zero-order valence-electron chi connectivity index (χ0n) is 18.7. The summed E-state index contributed by atoms with van der Waals surface area (Å²) < 4.78 is 21.4. The van der Waals surface area contributed by atoms with E-state index in [0.29, 0.717) is 40.2 Å². The second-order valence-corrected chi connectivity index (χ2v) is 7.57. The van der Waals surface area contributed by atoms with Crippen molar-refractivity contribution in [3.8, 4) is 17.4 Å². The molecule has 0 aliphatic heterocycles. The fourth-order valence-corrected chi connectivity index (χ4v) is 3.12. The first-order chi connectivity index (χ1) is 15.8. The summed E-state index contributed by atoms with van der Waals surface area (Å²) in [5.41, 5.74) is 3.35. The summed E-state index contributed by atoms with van der Waals surface area (Å²) in [4.78, 5) is 25.3. The SMILES string of the molecule is Cc1nc(Oc2ccc(NC(=O)Nc3ccc(C)c(F)c3)cc2)cc(-n2cnc(C)c2C)n1. The third-order valence-corrected chi connectivity index (χ3v) is 5.06. The Morgan fingerprint density at radius 3 is 2.30 bits per heavy atom. The van der Waals surface area contributed by atoms with Gasteiger partial charge in [-0.15, -0.1) is 0 Å². The van der Waals surface area contributed by atoms with Crippen LogP contribution in [0.5, 0.6) is 11.6 Å². The minimum absolute atomic E-state index is 0.369. The van der Waals surface area contributed by atoms with Gasteiger partial charge in [0.15, 0.2) is 0 Å². The summed E-state index contributed by atoms with van der Waals surface area (Å²) in [6.45, 7) is 7.36. The van der Waals surface area contributed by atoms with E-state index in [9.17, 15) is 9.18 Å². The van der Waals surface area contributed by atoms with Crippen molar-refractivity contribution in [2.45, 2.75) is 27.7 Å². The first-order valence-corrected chi connectivity index (χ1v) is 10.3. The highest BCUT2D eigenvalue weighted by Gasteiger charge is 2.10. The number of ether oxygens (including phenoxy) is 1. The Hall–Kier alpha value is -4.27. The van der Waals surface area contributed by atoms with Gasteiger partial charge in [-0.05, 0) is 69.7 Å². The Labute approximate surface area is 190 Å². The van der Waals surface area contributed by atoms with E-state index in [-0.39, 0.29) is 5.82 Å². The van der Waals surface area contributed by atoms with Crippen LogP contribution in [-0.4, -0.2) is 25.6 Å². The maximum Gasteiger partial charge on any atom is 0.323 e. The molecule has 33 heavy (non-hydrogen) atoms. The molecule has 168 valence electrons. The van der Waals surface area contributed by atoms with Crippen molar-refractivity contribution in [1.82, 2.24) is 19.5 Å². The topological polar surface area (TPSA) is 94.0 Å². The lowest BCUT2D eigenvalue weighted by atomic mass is 10.2. The molecule has 2 aromatic heterocycles. The number of hydrogen-bond donors (Lipinski definition) is 2. The number of anilines is 2. The Balaban J connectivity index is 1.43. The van der Waals surface area contributed by atoms with E-state index in [2.05, 4.69) is 25.6 Å². The summed E-state index contributed by atoms with van der Waals surface area (Å²) in [5, 5.41) is 5.30. The second-order valence-electron chi connectivity index (χ2n) is 7.57. The molecule has 0 saturated heterocycles. The van der Waals surface area contributed by atoms with Crippen LogP contribution in [0.1, 0.15) is 22.8 Å². The fraction of sp³-hybridized carbons (Fsp3) is 0.167. The van der Waals surface area contributed by atoms with Gasteiger partial charge in [0.25, 0.3) is 0 Å². The van der Waals surface area contributed by atoms with Crippen LogP contribution in [0.3, 0.4) is 0 Å². The summed E-state index contributed by atoms with van der Waals surface area (Å²) in [7, 11) is 0. The van der Waals surface area contributed by atoms with E-state index in [1.807, 2.05) is 18.4 Å². The lowest BCUT2D eigenvalue weighted by Crippen LogP contribution is -2.19. The Morgan fingerprint density at radius 1 is 0.939 bits per heavy atom. The standard InChI is InChI=1S/C24H23FN6O2/c1-14-5-6-19(11-21(14)25)30-24(32)29-18-7-9-20(10-8-18)33-23-12-22(27-17(4)28-23)31-13-26-15(2)16(31)3/h5-13H,1-4H3,(H2,29,30,32). The number of aryl methyl sites for hydroxylation is 3. The number of imidazole rings is 1. The van der Waals surface area contributed by atoms with Gasteiger partial charge in [-0.25, -0.2) is 19.2 Å². The lowest BCUT2D eigenvalue weighted by molar-refractivity contribution is 0.262. The van der Waals surface area contributed by atoms with Crippen LogP contribution in [0.25, 0.3) is 5.82 Å². The molecule has 9 heteroatoms. The summed E-state index contributed by atoms with van der Waals surface area (Å²) in [6.07, 6.45) is 1.72. The molecule has 4 aromatic rings. The number of rotatable bonds is 5. The zero-order chi connectivity index (χ0) is 23.5. The number of benzene rings is 2. The van der Waals surface area contributed by atoms with Gasteiger partial charge in [-0.1, -0.05) is 6.07 Å². The Bertz CT molecular complexity index is 1320. The van der Waals surface area contributed by atoms with Gasteiger partial charge in [-0.2, -0.15) is 4.98 Å². The van der Waals surface area contributed by atoms with E-state index in [0.717, 1.165) is 11.4 Å². The Kier molecular flexibility index (Phi) is 6.03. The molecule has 0 spiro atoms. The van der Waals surface area contributed by atoms with Crippen molar-refractivity contribution < 1.29 is 13.9 Å². The molecule has 0 radical (unpaired) electrons. The minimum atomic E-state index is -0.478. The molecule has 2 aromatic carbocycles. The van der Waals surface area contributed by atoms with Gasteiger partial charge in [0.05, 0.1) is 5.69 Å². The average Bonchev–Trinajstić information content (AvgIpc) is 3.10. The summed E-state index contributed by atoms with van der Waals surface area (Å²) in [5.74, 6) is 1.79. The van der Waals surface area contributed by atoms with E-state index < -0.39 is 6.03 Å². The largest absolute Gasteiger partial charge is 0.439 e. The molecule has 0 aliphatic carbocycles. The van der Waals surface area contributed by atoms with Crippen LogP contribution in [0.2, 0.25) is 0 Å². The quantitative estimate of drug-likeness (QED) is 0.424. The molecular weight excluding hydrogens is 423 g/mol. The molecule has 2 heterocycles. The van der Waals surface area contributed by atoms with Crippen molar-refractivity contribution in [3.63, 3.8) is 0 Å². The molecule has 0 fully saturated rings. The van der Waals surface area contributed by atoms with E-state index in [1.54, 1.807) is 62.6 Å². The molecule has 2 amide bonds. The molecule has 0 aliphatic rings. The van der Waals surface area contributed by atoms with E-state index >= 15 is 0 Å². The molecule has 0 bridgehead atoms. The first-order valence-electron chi connectivity index (χ1n) is 10.3. The fourth-order valence-electron chi connectivity index (χ4n) is 3.12. The van der Waals surface area contributed by atoms with Gasteiger partial charge >= 0.3 is 6.03 Å². The zero-order valence-corrected chi connectivity index (χ0v) is 18.7. The normalized spacial score (nSPS) is 10.7. The average molecular weight is 446 g/mol. The lowest BCUT2D eigenvalue weighted by Gasteiger charge is -2.11. The molecule has 8 nitrogen and oxygen atoms in total. The van der Waals surface area contributed by atoms with Crippen molar-refractivity contribution in [2.24, 2.45) is 0 Å². The first kappa shape index (κ1) is 21.9. The molecule has 0 saturated carbocycles. The molecule has 0 atom stereocenters.